The Kier molecular flexibility index (Phi) is 5.81. The molecule has 1 aromatic carbocycles. The van der Waals surface area contributed by atoms with Crippen LogP contribution in [0.15, 0.2) is 12.1 Å². The van der Waals surface area contributed by atoms with Gasteiger partial charge in [-0.1, -0.05) is 22.0 Å². The first-order valence-corrected chi connectivity index (χ1v) is 6.39. The highest BCUT2D eigenvalue weighted by Gasteiger charge is 2.25. The number of ether oxygens (including phenoxy) is 2. The molecule has 0 radical (unpaired) electrons. The van der Waals surface area contributed by atoms with Crippen LogP contribution in [0.1, 0.15) is 11.1 Å². The van der Waals surface area contributed by atoms with E-state index in [1.807, 2.05) is 0 Å². The molecule has 1 aromatic rings. The summed E-state index contributed by atoms with van der Waals surface area (Å²) < 4.78 is 33.4. The van der Waals surface area contributed by atoms with Gasteiger partial charge in [-0.2, -0.15) is 8.78 Å². The van der Waals surface area contributed by atoms with E-state index in [1.54, 1.807) is 0 Å². The largest absolute Gasteiger partial charge is 0.469 e. The Morgan fingerprint density at radius 3 is 2.60 bits per heavy atom. The van der Waals surface area contributed by atoms with Gasteiger partial charge in [0.05, 0.1) is 18.5 Å². The lowest BCUT2D eigenvalue weighted by atomic mass is 10.1. The van der Waals surface area contributed by atoms with Crippen molar-refractivity contribution >= 4 is 27.6 Å². The number of nitro benzene ring substituents is 1. The van der Waals surface area contributed by atoms with E-state index < -0.39 is 35.4 Å². The van der Waals surface area contributed by atoms with E-state index >= 15 is 0 Å². The van der Waals surface area contributed by atoms with Gasteiger partial charge in [0.25, 0.3) is 0 Å². The maximum absolute atomic E-state index is 12.4. The maximum Gasteiger partial charge on any atom is 0.387 e. The zero-order valence-electron chi connectivity index (χ0n) is 10.3. The molecule has 0 fully saturated rings. The van der Waals surface area contributed by atoms with Crippen molar-refractivity contribution < 1.29 is 28.0 Å². The lowest BCUT2D eigenvalue weighted by Crippen LogP contribution is -2.11. The van der Waals surface area contributed by atoms with Crippen LogP contribution in [0.25, 0.3) is 0 Å². The fourth-order valence-corrected chi connectivity index (χ4v) is 1.86. The van der Waals surface area contributed by atoms with Crippen molar-refractivity contribution in [2.24, 2.45) is 0 Å². The topological polar surface area (TPSA) is 78.7 Å². The Morgan fingerprint density at radius 1 is 1.50 bits per heavy atom. The molecule has 0 aliphatic heterocycles. The molecule has 0 spiro atoms. The van der Waals surface area contributed by atoms with E-state index in [9.17, 15) is 23.7 Å². The first kappa shape index (κ1) is 16.3. The minimum Gasteiger partial charge on any atom is -0.469 e. The molecule has 0 bridgehead atoms. The summed E-state index contributed by atoms with van der Waals surface area (Å²) in [5.41, 5.74) is -0.195. The molecule has 20 heavy (non-hydrogen) atoms. The SMILES string of the molecule is COC(=O)Cc1cc(CBr)cc([N+](=O)[O-])c1OC(F)F. The van der Waals surface area contributed by atoms with Crippen LogP contribution in [0.5, 0.6) is 5.75 Å². The molecule has 1 rings (SSSR count). The summed E-state index contributed by atoms with van der Waals surface area (Å²) in [7, 11) is 1.12. The van der Waals surface area contributed by atoms with Crippen molar-refractivity contribution in [2.75, 3.05) is 7.11 Å². The molecule has 0 saturated heterocycles. The van der Waals surface area contributed by atoms with Gasteiger partial charge in [0, 0.05) is 17.0 Å². The third-order valence-electron chi connectivity index (χ3n) is 2.33. The average molecular weight is 354 g/mol. The highest BCUT2D eigenvalue weighted by atomic mass is 79.9. The highest BCUT2D eigenvalue weighted by molar-refractivity contribution is 9.08. The van der Waals surface area contributed by atoms with Gasteiger partial charge in [-0.25, -0.2) is 0 Å². The number of hydrogen-bond donors (Lipinski definition) is 0. The van der Waals surface area contributed by atoms with Gasteiger partial charge in [0.1, 0.15) is 0 Å². The number of benzene rings is 1. The maximum atomic E-state index is 12.4. The summed E-state index contributed by atoms with van der Waals surface area (Å²) in [6.45, 7) is -3.24. The van der Waals surface area contributed by atoms with Crippen LogP contribution >= 0.6 is 15.9 Å². The number of rotatable bonds is 6. The molecule has 0 aromatic heterocycles. The number of carbonyl (C=O) groups excluding carboxylic acids is 1. The highest BCUT2D eigenvalue weighted by Crippen LogP contribution is 2.35. The molecule has 0 saturated carbocycles. The van der Waals surface area contributed by atoms with Crippen LogP contribution in [0, 0.1) is 10.1 Å². The lowest BCUT2D eigenvalue weighted by molar-refractivity contribution is -0.386. The minimum absolute atomic E-state index is 0.0270. The molecule has 0 N–H and O–H groups in total. The standard InChI is InChI=1S/C11H10BrF2NO5/c1-19-9(16)4-7-2-6(5-12)3-8(15(17)18)10(7)20-11(13)14/h2-3,11H,4-5H2,1H3. The van der Waals surface area contributed by atoms with Gasteiger partial charge in [-0.05, 0) is 5.56 Å². The third kappa shape index (κ3) is 4.12. The van der Waals surface area contributed by atoms with Gasteiger partial charge in [0.15, 0.2) is 0 Å². The number of hydrogen-bond acceptors (Lipinski definition) is 5. The molecule has 0 aliphatic rings. The van der Waals surface area contributed by atoms with E-state index in [1.165, 1.54) is 6.07 Å². The molecular formula is C11H10BrF2NO5. The lowest BCUT2D eigenvalue weighted by Gasteiger charge is -2.12. The average Bonchev–Trinajstić information content (AvgIpc) is 2.39. The van der Waals surface area contributed by atoms with Crippen LogP contribution in [0.2, 0.25) is 0 Å². The van der Waals surface area contributed by atoms with Crippen LogP contribution in [0.3, 0.4) is 0 Å². The summed E-state index contributed by atoms with van der Waals surface area (Å²) >= 11 is 3.11. The molecule has 110 valence electrons. The van der Waals surface area contributed by atoms with Crippen LogP contribution in [0.4, 0.5) is 14.5 Å². The Hall–Kier alpha value is -1.77. The summed E-state index contributed by atoms with van der Waals surface area (Å²) in [6, 6.07) is 2.48. The van der Waals surface area contributed by atoms with E-state index in [0.717, 1.165) is 13.2 Å². The van der Waals surface area contributed by atoms with Crippen molar-refractivity contribution in [3.05, 3.63) is 33.4 Å². The number of halogens is 3. The smallest absolute Gasteiger partial charge is 0.387 e. The normalized spacial score (nSPS) is 10.4. The zero-order valence-corrected chi connectivity index (χ0v) is 11.9. The summed E-state index contributed by atoms with van der Waals surface area (Å²) in [6.07, 6.45) is -0.403. The number of carbonyl (C=O) groups is 1. The van der Waals surface area contributed by atoms with Crippen molar-refractivity contribution in [3.63, 3.8) is 0 Å². The van der Waals surface area contributed by atoms with Crippen LogP contribution in [-0.2, 0) is 21.3 Å². The second kappa shape index (κ2) is 7.13. The second-order valence-corrected chi connectivity index (χ2v) is 4.19. The van der Waals surface area contributed by atoms with Gasteiger partial charge in [-0.15, -0.1) is 0 Å². The molecular weight excluding hydrogens is 344 g/mol. The van der Waals surface area contributed by atoms with E-state index in [0.29, 0.717) is 5.56 Å². The predicted octanol–water partition coefficient (Wildman–Crippen LogP) is 2.81. The molecule has 0 atom stereocenters. The minimum atomic E-state index is -3.24. The Labute approximate surface area is 120 Å². The molecule has 0 heterocycles. The van der Waals surface area contributed by atoms with Crippen molar-refractivity contribution in [1.82, 2.24) is 0 Å². The summed E-state index contributed by atoms with van der Waals surface area (Å²) in [5.74, 6) is -1.34. The first-order valence-electron chi connectivity index (χ1n) is 5.26. The van der Waals surface area contributed by atoms with Gasteiger partial charge in [0.2, 0.25) is 5.75 Å². The van der Waals surface area contributed by atoms with Crippen LogP contribution in [-0.4, -0.2) is 24.6 Å². The third-order valence-corrected chi connectivity index (χ3v) is 2.97. The first-order chi connectivity index (χ1) is 9.38. The molecule has 0 aliphatic carbocycles. The van der Waals surface area contributed by atoms with Crippen molar-refractivity contribution in [2.45, 2.75) is 18.4 Å². The number of alkyl halides is 3. The van der Waals surface area contributed by atoms with E-state index in [4.69, 9.17) is 0 Å². The summed E-state index contributed by atoms with van der Waals surface area (Å²) in [5, 5.41) is 11.2. The van der Waals surface area contributed by atoms with Gasteiger partial charge in [-0.3, -0.25) is 14.9 Å². The fraction of sp³-hybridized carbons (Fsp3) is 0.364. The van der Waals surface area contributed by atoms with Crippen molar-refractivity contribution in [1.29, 1.82) is 0 Å². The van der Waals surface area contributed by atoms with E-state index in [-0.39, 0.29) is 10.9 Å². The Balaban J connectivity index is 3.38. The fourth-order valence-electron chi connectivity index (χ4n) is 1.53. The Bertz CT molecular complexity index is 524. The van der Waals surface area contributed by atoms with Gasteiger partial charge < -0.3 is 9.47 Å². The molecule has 0 unspecified atom stereocenters. The zero-order chi connectivity index (χ0) is 15.3. The van der Waals surface area contributed by atoms with Crippen molar-refractivity contribution in [3.8, 4) is 5.75 Å². The monoisotopic (exact) mass is 353 g/mol. The predicted molar refractivity (Wildman–Crippen MR) is 68.1 cm³/mol. The van der Waals surface area contributed by atoms with Crippen LogP contribution < -0.4 is 4.74 Å². The number of nitrogens with zero attached hydrogens (tertiary/aromatic N) is 1. The quantitative estimate of drug-likeness (QED) is 0.340. The second-order valence-electron chi connectivity index (χ2n) is 3.63. The number of methoxy groups -OCH3 is 1. The number of esters is 1. The number of nitro groups is 1. The molecule has 0 amide bonds. The Morgan fingerprint density at radius 2 is 2.15 bits per heavy atom. The van der Waals surface area contributed by atoms with E-state index in [2.05, 4.69) is 25.4 Å². The summed E-state index contributed by atoms with van der Waals surface area (Å²) in [4.78, 5) is 21.3. The molecule has 9 heteroatoms. The van der Waals surface area contributed by atoms with Gasteiger partial charge >= 0.3 is 18.3 Å². The molecule has 6 nitrogen and oxygen atoms in total.